The molecule has 0 radical (unpaired) electrons. The van der Waals surface area contributed by atoms with Crippen LogP contribution in [0.3, 0.4) is 0 Å². The summed E-state index contributed by atoms with van der Waals surface area (Å²) in [5.41, 5.74) is -0.992. The van der Waals surface area contributed by atoms with Crippen molar-refractivity contribution in [2.45, 2.75) is 26.0 Å². The molecule has 1 heterocycles. The molecule has 1 aromatic heterocycles. The molecule has 0 aliphatic carbocycles. The highest BCUT2D eigenvalue weighted by Crippen LogP contribution is 2.45. The summed E-state index contributed by atoms with van der Waals surface area (Å²) >= 11 is 0. The number of ether oxygens (including phenoxy) is 3. The van der Waals surface area contributed by atoms with Crippen molar-refractivity contribution < 1.29 is 53.7 Å². The van der Waals surface area contributed by atoms with Crippen LogP contribution in [0.2, 0.25) is 0 Å². The molecular weight excluding hydrogens is 557 g/mol. The van der Waals surface area contributed by atoms with Crippen molar-refractivity contribution in [2.24, 2.45) is 0 Å². The van der Waals surface area contributed by atoms with E-state index in [9.17, 15) is 39.5 Å². The molecule has 0 spiro atoms. The number of hydrogen-bond donors (Lipinski definition) is 0. The Balaban J connectivity index is 2.03. The minimum Gasteiger partial charge on any atom is -0.405 e. The Kier molecular flexibility index (Phi) is 7.59. The number of rotatable bonds is 6. The second-order valence-corrected chi connectivity index (χ2v) is 8.15. The van der Waals surface area contributed by atoms with E-state index in [1.807, 2.05) is 0 Å². The van der Waals surface area contributed by atoms with Gasteiger partial charge in [0.2, 0.25) is 0 Å². The third kappa shape index (κ3) is 6.96. The topological polar surface area (TPSA) is 40.6 Å². The molecule has 4 rings (SSSR count). The summed E-state index contributed by atoms with van der Waals surface area (Å²) < 4.78 is 131. The zero-order chi connectivity index (χ0) is 29.3. The van der Waals surface area contributed by atoms with E-state index in [-0.39, 0.29) is 39.2 Å². The van der Waals surface area contributed by atoms with Gasteiger partial charge in [-0.1, -0.05) is 48.5 Å². The number of alkyl halides is 9. The normalized spacial score (nSPS) is 12.2. The maximum atomic E-state index is 13.2. The van der Waals surface area contributed by atoms with Crippen molar-refractivity contribution in [2.75, 3.05) is 0 Å². The minimum atomic E-state index is -5.14. The summed E-state index contributed by atoms with van der Waals surface area (Å²) in [6.07, 6.45) is -15.3. The monoisotopic (exact) mass is 573 g/mol. The Labute approximate surface area is 220 Å². The maximum Gasteiger partial charge on any atom is 0.573 e. The molecule has 0 unspecified atom stereocenters. The first kappa shape index (κ1) is 28.6. The predicted molar refractivity (Wildman–Crippen MR) is 125 cm³/mol. The van der Waals surface area contributed by atoms with Crippen LogP contribution in [0.25, 0.3) is 33.5 Å². The van der Waals surface area contributed by atoms with Gasteiger partial charge in [0, 0.05) is 33.5 Å². The number of aromatic nitrogens is 1. The molecule has 0 bridgehead atoms. The molecule has 0 N–H and O–H groups in total. The molecule has 0 saturated heterocycles. The average molecular weight is 573 g/mol. The van der Waals surface area contributed by atoms with E-state index in [2.05, 4.69) is 19.2 Å². The SMILES string of the molecule is Cc1nc(-c2ccccc2OC(F)(F)F)c(-c2ccccc2OC(F)(F)F)cc1-c1ccccc1OC(F)(F)F. The summed E-state index contributed by atoms with van der Waals surface area (Å²) in [5.74, 6) is -2.05. The van der Waals surface area contributed by atoms with Crippen molar-refractivity contribution in [3.8, 4) is 50.8 Å². The van der Waals surface area contributed by atoms with Crippen LogP contribution in [0.15, 0.2) is 78.9 Å². The largest absolute Gasteiger partial charge is 0.573 e. The van der Waals surface area contributed by atoms with Gasteiger partial charge in [0.05, 0.1) is 5.69 Å². The first-order chi connectivity index (χ1) is 18.6. The summed E-state index contributed by atoms with van der Waals surface area (Å²) in [4.78, 5) is 4.34. The minimum absolute atomic E-state index is 0.00892. The van der Waals surface area contributed by atoms with Gasteiger partial charge in [-0.3, -0.25) is 4.98 Å². The Morgan fingerprint density at radius 3 is 1.25 bits per heavy atom. The van der Waals surface area contributed by atoms with Crippen LogP contribution >= 0.6 is 0 Å². The summed E-state index contributed by atoms with van der Waals surface area (Å²) in [5, 5.41) is 0. The van der Waals surface area contributed by atoms with Crippen molar-refractivity contribution >= 4 is 0 Å². The third-order valence-corrected chi connectivity index (χ3v) is 5.39. The van der Waals surface area contributed by atoms with Crippen molar-refractivity contribution in [3.05, 3.63) is 84.6 Å². The highest BCUT2D eigenvalue weighted by molar-refractivity contribution is 5.90. The molecule has 0 aliphatic heterocycles. The smallest absolute Gasteiger partial charge is 0.405 e. The van der Waals surface area contributed by atoms with Gasteiger partial charge in [0.1, 0.15) is 17.2 Å². The summed E-state index contributed by atoms with van der Waals surface area (Å²) in [7, 11) is 0. The lowest BCUT2D eigenvalue weighted by Crippen LogP contribution is -2.18. The number of halogens is 9. The Hall–Kier alpha value is -4.42. The quantitative estimate of drug-likeness (QED) is 0.216. The van der Waals surface area contributed by atoms with Crippen LogP contribution in [-0.4, -0.2) is 24.1 Å². The predicted octanol–water partition coefficient (Wildman–Crippen LogP) is 9.09. The van der Waals surface area contributed by atoms with Crippen LogP contribution in [0.4, 0.5) is 39.5 Å². The molecule has 40 heavy (non-hydrogen) atoms. The average Bonchev–Trinajstić information content (AvgIpc) is 2.82. The molecule has 0 amide bonds. The number of nitrogens with zero attached hydrogens (tertiary/aromatic N) is 1. The van der Waals surface area contributed by atoms with E-state index in [1.54, 1.807) is 0 Å². The van der Waals surface area contributed by atoms with Gasteiger partial charge in [-0.2, -0.15) is 0 Å². The van der Waals surface area contributed by atoms with Crippen molar-refractivity contribution in [3.63, 3.8) is 0 Å². The molecule has 4 aromatic rings. The zero-order valence-electron chi connectivity index (χ0n) is 20.1. The molecule has 13 heteroatoms. The fraction of sp³-hybridized carbons (Fsp3) is 0.148. The van der Waals surface area contributed by atoms with Crippen molar-refractivity contribution in [1.29, 1.82) is 0 Å². The number of aryl methyl sites for hydroxylation is 1. The van der Waals surface area contributed by atoms with Gasteiger partial charge in [0.15, 0.2) is 0 Å². The summed E-state index contributed by atoms with van der Waals surface area (Å²) in [6, 6.07) is 15.8. The lowest BCUT2D eigenvalue weighted by atomic mass is 9.93. The van der Waals surface area contributed by atoms with Crippen LogP contribution in [0.1, 0.15) is 5.69 Å². The fourth-order valence-electron chi connectivity index (χ4n) is 3.97. The third-order valence-electron chi connectivity index (χ3n) is 5.39. The van der Waals surface area contributed by atoms with Gasteiger partial charge < -0.3 is 14.2 Å². The highest BCUT2D eigenvalue weighted by Gasteiger charge is 2.35. The molecular formula is C27H16F9NO3. The number of pyridine rings is 1. The maximum absolute atomic E-state index is 13.2. The molecule has 210 valence electrons. The lowest BCUT2D eigenvalue weighted by Gasteiger charge is -2.20. The van der Waals surface area contributed by atoms with Gasteiger partial charge in [-0.05, 0) is 37.3 Å². The van der Waals surface area contributed by atoms with E-state index >= 15 is 0 Å². The Bertz CT molecular complexity index is 1510. The van der Waals surface area contributed by atoms with Crippen LogP contribution in [0.5, 0.6) is 17.2 Å². The Morgan fingerprint density at radius 1 is 0.475 bits per heavy atom. The van der Waals surface area contributed by atoms with Crippen LogP contribution < -0.4 is 14.2 Å². The molecule has 4 nitrogen and oxygen atoms in total. The number of hydrogen-bond acceptors (Lipinski definition) is 4. The molecule has 3 aromatic carbocycles. The van der Waals surface area contributed by atoms with Gasteiger partial charge >= 0.3 is 19.1 Å². The van der Waals surface area contributed by atoms with E-state index in [1.165, 1.54) is 67.6 Å². The first-order valence-corrected chi connectivity index (χ1v) is 11.2. The molecule has 0 saturated carbocycles. The van der Waals surface area contributed by atoms with E-state index in [0.717, 1.165) is 18.2 Å². The standard InChI is InChI=1S/C27H16F9NO3/c1-15-19(16-8-2-5-11-21(16)38-25(28,29)30)14-20(17-9-3-6-12-22(17)39-26(31,32)33)24(37-15)18-10-4-7-13-23(18)40-27(34,35)36/h2-14H,1H3. The zero-order valence-corrected chi connectivity index (χ0v) is 20.1. The summed E-state index contributed by atoms with van der Waals surface area (Å²) in [6.45, 7) is 1.37. The van der Waals surface area contributed by atoms with Crippen molar-refractivity contribution in [1.82, 2.24) is 4.98 Å². The molecule has 0 atom stereocenters. The van der Waals surface area contributed by atoms with E-state index in [4.69, 9.17) is 0 Å². The fourth-order valence-corrected chi connectivity index (χ4v) is 3.97. The van der Waals surface area contributed by atoms with Gasteiger partial charge in [-0.25, -0.2) is 0 Å². The second kappa shape index (κ2) is 10.6. The first-order valence-electron chi connectivity index (χ1n) is 11.2. The second-order valence-electron chi connectivity index (χ2n) is 8.15. The molecule has 0 aliphatic rings. The Morgan fingerprint density at radius 2 is 0.825 bits per heavy atom. The van der Waals surface area contributed by atoms with Gasteiger partial charge in [0.25, 0.3) is 0 Å². The van der Waals surface area contributed by atoms with E-state index < -0.39 is 36.3 Å². The van der Waals surface area contributed by atoms with E-state index in [0.29, 0.717) is 0 Å². The van der Waals surface area contributed by atoms with Crippen LogP contribution in [-0.2, 0) is 0 Å². The molecule has 0 fully saturated rings. The number of benzene rings is 3. The highest BCUT2D eigenvalue weighted by atomic mass is 19.4. The lowest BCUT2D eigenvalue weighted by molar-refractivity contribution is -0.275. The van der Waals surface area contributed by atoms with Gasteiger partial charge in [-0.15, -0.1) is 39.5 Å². The van der Waals surface area contributed by atoms with Crippen LogP contribution in [0, 0.1) is 6.92 Å². The number of para-hydroxylation sites is 3.